The van der Waals surface area contributed by atoms with Gasteiger partial charge in [0.2, 0.25) is 0 Å². The predicted octanol–water partition coefficient (Wildman–Crippen LogP) is 4.62. The minimum absolute atomic E-state index is 0.0331. The lowest BCUT2D eigenvalue weighted by molar-refractivity contribution is 0.0761. The van der Waals surface area contributed by atoms with Crippen molar-refractivity contribution in [3.05, 3.63) is 58.6 Å². The Balaban J connectivity index is 1.66. The van der Waals surface area contributed by atoms with Crippen LogP contribution in [0.15, 0.2) is 42.5 Å². The number of benzene rings is 2. The molecule has 0 aliphatic carbocycles. The molecular weight excluding hydrogens is 364 g/mol. The van der Waals surface area contributed by atoms with Crippen molar-refractivity contribution in [1.82, 2.24) is 4.90 Å². The Morgan fingerprint density at radius 2 is 1.59 bits per heavy atom. The quantitative estimate of drug-likeness (QED) is 0.834. The Kier molecular flexibility index (Phi) is 6.35. The molecule has 1 saturated heterocycles. The molecule has 0 radical (unpaired) electrons. The Morgan fingerprint density at radius 1 is 0.963 bits per heavy atom. The number of rotatable bonds is 4. The fraction of sp³-hybridized carbons (Fsp3) is 0.333. The van der Waals surface area contributed by atoms with E-state index in [1.54, 1.807) is 42.5 Å². The predicted molar refractivity (Wildman–Crippen MR) is 107 cm³/mol. The van der Waals surface area contributed by atoms with Crippen LogP contribution < -0.4 is 10.1 Å². The number of carbonyl (C=O) groups excluding carboxylic acids is 2. The third-order valence-electron chi connectivity index (χ3n) is 4.70. The zero-order chi connectivity index (χ0) is 19.2. The molecule has 0 saturated carbocycles. The Hall–Kier alpha value is -2.53. The van der Waals surface area contributed by atoms with Gasteiger partial charge >= 0.3 is 0 Å². The van der Waals surface area contributed by atoms with E-state index in [4.69, 9.17) is 16.3 Å². The number of nitrogens with one attached hydrogen (secondary N) is 1. The van der Waals surface area contributed by atoms with Crippen LogP contribution in [0.3, 0.4) is 0 Å². The van der Waals surface area contributed by atoms with Gasteiger partial charge in [-0.3, -0.25) is 9.59 Å². The van der Waals surface area contributed by atoms with Gasteiger partial charge in [-0.2, -0.15) is 0 Å². The van der Waals surface area contributed by atoms with Crippen molar-refractivity contribution in [2.45, 2.75) is 25.7 Å². The van der Waals surface area contributed by atoms with E-state index >= 15 is 0 Å². The van der Waals surface area contributed by atoms with Gasteiger partial charge in [0, 0.05) is 29.9 Å². The highest BCUT2D eigenvalue weighted by atomic mass is 35.5. The van der Waals surface area contributed by atoms with E-state index in [2.05, 4.69) is 5.32 Å². The number of halogens is 1. The van der Waals surface area contributed by atoms with Gasteiger partial charge < -0.3 is 15.0 Å². The smallest absolute Gasteiger partial charge is 0.255 e. The molecular formula is C21H23ClN2O3. The molecule has 0 bridgehead atoms. The number of methoxy groups -OCH3 is 1. The first-order chi connectivity index (χ1) is 13.1. The molecule has 5 nitrogen and oxygen atoms in total. The summed E-state index contributed by atoms with van der Waals surface area (Å²) in [4.78, 5) is 27.0. The summed E-state index contributed by atoms with van der Waals surface area (Å²) >= 11 is 6.08. The molecule has 1 aliphatic heterocycles. The highest BCUT2D eigenvalue weighted by Crippen LogP contribution is 2.27. The minimum Gasteiger partial charge on any atom is -0.495 e. The first-order valence-corrected chi connectivity index (χ1v) is 9.50. The summed E-state index contributed by atoms with van der Waals surface area (Å²) in [6.45, 7) is 1.61. The van der Waals surface area contributed by atoms with E-state index in [0.717, 1.165) is 25.9 Å². The van der Waals surface area contributed by atoms with Crippen LogP contribution >= 0.6 is 11.6 Å². The van der Waals surface area contributed by atoms with Crippen molar-refractivity contribution in [3.8, 4) is 5.75 Å². The summed E-state index contributed by atoms with van der Waals surface area (Å²) in [5, 5.41) is 3.22. The van der Waals surface area contributed by atoms with E-state index in [1.165, 1.54) is 20.0 Å². The second-order valence-electron chi connectivity index (χ2n) is 6.59. The Bertz CT molecular complexity index is 813. The highest BCUT2D eigenvalue weighted by Gasteiger charge is 2.17. The van der Waals surface area contributed by atoms with Crippen LogP contribution in [0.5, 0.6) is 5.75 Å². The highest BCUT2D eigenvalue weighted by molar-refractivity contribution is 6.32. The molecule has 1 heterocycles. The maximum atomic E-state index is 12.6. The third-order valence-corrected chi connectivity index (χ3v) is 4.99. The van der Waals surface area contributed by atoms with Crippen LogP contribution in [0, 0.1) is 0 Å². The molecule has 0 unspecified atom stereocenters. The Morgan fingerprint density at radius 3 is 2.19 bits per heavy atom. The molecule has 3 rings (SSSR count). The minimum atomic E-state index is -0.259. The zero-order valence-corrected chi connectivity index (χ0v) is 16.1. The van der Waals surface area contributed by atoms with Crippen molar-refractivity contribution in [2.75, 3.05) is 25.5 Å². The summed E-state index contributed by atoms with van der Waals surface area (Å²) in [6, 6.07) is 11.8. The van der Waals surface area contributed by atoms with E-state index in [1.807, 2.05) is 4.90 Å². The maximum Gasteiger partial charge on any atom is 0.255 e. The topological polar surface area (TPSA) is 58.6 Å². The number of anilines is 1. The summed E-state index contributed by atoms with van der Waals surface area (Å²) in [5.74, 6) is 0.321. The van der Waals surface area contributed by atoms with Gasteiger partial charge in [0.25, 0.3) is 11.8 Å². The number of likely N-dealkylation sites (tertiary alicyclic amines) is 1. The van der Waals surface area contributed by atoms with Crippen molar-refractivity contribution >= 4 is 29.1 Å². The fourth-order valence-corrected chi connectivity index (χ4v) is 3.43. The summed E-state index contributed by atoms with van der Waals surface area (Å²) in [6.07, 6.45) is 4.46. The normalized spacial score (nSPS) is 14.4. The van der Waals surface area contributed by atoms with Gasteiger partial charge in [0.05, 0.1) is 12.1 Å². The van der Waals surface area contributed by atoms with Crippen molar-refractivity contribution in [3.63, 3.8) is 0 Å². The van der Waals surface area contributed by atoms with Gasteiger partial charge in [-0.05, 0) is 55.3 Å². The number of hydrogen-bond donors (Lipinski definition) is 1. The van der Waals surface area contributed by atoms with Gasteiger partial charge in [-0.15, -0.1) is 0 Å². The maximum absolute atomic E-state index is 12.6. The summed E-state index contributed by atoms with van der Waals surface area (Å²) in [5.41, 5.74) is 1.67. The SMILES string of the molecule is COc1ccc(NC(=O)c2ccc(C(=O)N3CCCCCC3)cc2)cc1Cl. The molecule has 0 aromatic heterocycles. The molecule has 2 aromatic carbocycles. The summed E-state index contributed by atoms with van der Waals surface area (Å²) in [7, 11) is 1.54. The van der Waals surface area contributed by atoms with Crippen LogP contribution in [-0.2, 0) is 0 Å². The second-order valence-corrected chi connectivity index (χ2v) is 6.99. The molecule has 2 amide bonds. The van der Waals surface area contributed by atoms with Crippen molar-refractivity contribution in [2.24, 2.45) is 0 Å². The second kappa shape index (κ2) is 8.91. The molecule has 2 aromatic rings. The standard InChI is InChI=1S/C21H23ClN2O3/c1-27-19-11-10-17(14-18(19)22)23-20(25)15-6-8-16(9-7-15)21(26)24-12-4-2-3-5-13-24/h6-11,14H,2-5,12-13H2,1H3,(H,23,25). The lowest BCUT2D eigenvalue weighted by Crippen LogP contribution is -2.31. The van der Waals surface area contributed by atoms with Crippen LogP contribution in [0.1, 0.15) is 46.4 Å². The third kappa shape index (κ3) is 4.80. The zero-order valence-electron chi connectivity index (χ0n) is 15.3. The van der Waals surface area contributed by atoms with Crippen LogP contribution in [-0.4, -0.2) is 36.9 Å². The van der Waals surface area contributed by atoms with Crippen LogP contribution in [0.2, 0.25) is 5.02 Å². The molecule has 1 fully saturated rings. The number of amides is 2. The molecule has 0 spiro atoms. The molecule has 27 heavy (non-hydrogen) atoms. The van der Waals surface area contributed by atoms with E-state index in [9.17, 15) is 9.59 Å². The average Bonchev–Trinajstić information content (AvgIpc) is 2.97. The van der Waals surface area contributed by atoms with E-state index in [0.29, 0.717) is 27.6 Å². The lowest BCUT2D eigenvalue weighted by Gasteiger charge is -2.20. The number of nitrogens with zero attached hydrogens (tertiary/aromatic N) is 1. The van der Waals surface area contributed by atoms with Crippen molar-refractivity contribution < 1.29 is 14.3 Å². The number of ether oxygens (including phenoxy) is 1. The van der Waals surface area contributed by atoms with Gasteiger partial charge in [0.1, 0.15) is 5.75 Å². The number of hydrogen-bond acceptors (Lipinski definition) is 3. The molecule has 1 aliphatic rings. The monoisotopic (exact) mass is 386 g/mol. The molecule has 0 atom stereocenters. The number of carbonyl (C=O) groups is 2. The lowest BCUT2D eigenvalue weighted by atomic mass is 10.1. The summed E-state index contributed by atoms with van der Waals surface area (Å²) < 4.78 is 5.10. The van der Waals surface area contributed by atoms with Crippen LogP contribution in [0.25, 0.3) is 0 Å². The largest absolute Gasteiger partial charge is 0.495 e. The fourth-order valence-electron chi connectivity index (χ4n) is 3.17. The van der Waals surface area contributed by atoms with Gasteiger partial charge in [-0.1, -0.05) is 24.4 Å². The molecule has 142 valence electrons. The van der Waals surface area contributed by atoms with Gasteiger partial charge in [-0.25, -0.2) is 0 Å². The first kappa shape index (κ1) is 19.2. The van der Waals surface area contributed by atoms with Crippen molar-refractivity contribution in [1.29, 1.82) is 0 Å². The molecule has 1 N–H and O–H groups in total. The van der Waals surface area contributed by atoms with E-state index < -0.39 is 0 Å². The molecule has 6 heteroatoms. The van der Waals surface area contributed by atoms with Gasteiger partial charge in [0.15, 0.2) is 0 Å². The average molecular weight is 387 g/mol. The van der Waals surface area contributed by atoms with Crippen LogP contribution in [0.4, 0.5) is 5.69 Å². The first-order valence-electron chi connectivity index (χ1n) is 9.13. The van der Waals surface area contributed by atoms with E-state index in [-0.39, 0.29) is 11.8 Å². The Labute approximate surface area is 164 Å².